The van der Waals surface area contributed by atoms with Gasteiger partial charge in [-0.05, 0) is 37.8 Å². The summed E-state index contributed by atoms with van der Waals surface area (Å²) in [7, 11) is 0. The second-order valence-electron chi connectivity index (χ2n) is 5.44. The molecule has 19 heavy (non-hydrogen) atoms. The number of nitrogens with zero attached hydrogens (tertiary/aromatic N) is 2. The Morgan fingerprint density at radius 3 is 2.63 bits per heavy atom. The van der Waals surface area contributed by atoms with E-state index in [0.717, 1.165) is 19.3 Å². The number of carbonyl (C=O) groups is 1. The summed E-state index contributed by atoms with van der Waals surface area (Å²) < 4.78 is 0. The van der Waals surface area contributed by atoms with Gasteiger partial charge in [-0.25, -0.2) is 4.98 Å². The molecule has 0 saturated heterocycles. The van der Waals surface area contributed by atoms with Gasteiger partial charge in [-0.15, -0.1) is 0 Å². The van der Waals surface area contributed by atoms with Crippen LogP contribution in [-0.4, -0.2) is 27.9 Å². The quantitative estimate of drug-likeness (QED) is 0.769. The van der Waals surface area contributed by atoms with Crippen LogP contribution in [0.4, 0.5) is 0 Å². The van der Waals surface area contributed by atoms with Crippen molar-refractivity contribution >= 4 is 17.5 Å². The minimum absolute atomic E-state index is 0.0828. The average Bonchev–Trinajstić information content (AvgIpc) is 3.23. The number of halogens is 1. The van der Waals surface area contributed by atoms with Gasteiger partial charge in [-0.1, -0.05) is 31.9 Å². The lowest BCUT2D eigenvalue weighted by Gasteiger charge is -2.33. The monoisotopic (exact) mass is 280 g/mol. The van der Waals surface area contributed by atoms with Gasteiger partial charge in [0.15, 0.2) is 0 Å². The van der Waals surface area contributed by atoms with Crippen LogP contribution in [0.15, 0.2) is 18.3 Å². The van der Waals surface area contributed by atoms with Crippen molar-refractivity contribution in [2.45, 2.75) is 52.1 Å². The van der Waals surface area contributed by atoms with Gasteiger partial charge in [0.1, 0.15) is 5.15 Å². The Hall–Kier alpha value is -1.09. The number of aromatic nitrogens is 1. The molecule has 1 fully saturated rings. The van der Waals surface area contributed by atoms with Crippen molar-refractivity contribution in [3.8, 4) is 0 Å². The Morgan fingerprint density at radius 2 is 2.16 bits per heavy atom. The van der Waals surface area contributed by atoms with Crippen molar-refractivity contribution in [1.29, 1.82) is 0 Å². The third-order valence-corrected chi connectivity index (χ3v) is 4.28. The summed E-state index contributed by atoms with van der Waals surface area (Å²) in [5.41, 5.74) is 0.631. The molecular formula is C15H21ClN2O. The Morgan fingerprint density at radius 1 is 1.47 bits per heavy atom. The first-order valence-electron chi connectivity index (χ1n) is 6.98. The molecule has 1 heterocycles. The third-order valence-electron chi connectivity index (χ3n) is 4.06. The van der Waals surface area contributed by atoms with Crippen LogP contribution in [0.5, 0.6) is 0 Å². The van der Waals surface area contributed by atoms with Crippen molar-refractivity contribution < 1.29 is 4.79 Å². The van der Waals surface area contributed by atoms with E-state index >= 15 is 0 Å². The Labute approximate surface area is 120 Å². The number of pyridine rings is 1. The lowest BCUT2D eigenvalue weighted by atomic mass is 9.98. The van der Waals surface area contributed by atoms with Crippen LogP contribution >= 0.6 is 11.6 Å². The fourth-order valence-corrected chi connectivity index (χ4v) is 2.41. The molecule has 0 N–H and O–H groups in total. The number of hydrogen-bond donors (Lipinski definition) is 0. The molecule has 0 radical (unpaired) electrons. The Balaban J connectivity index is 2.19. The van der Waals surface area contributed by atoms with E-state index in [2.05, 4.69) is 25.8 Å². The Bertz CT molecular complexity index is 442. The van der Waals surface area contributed by atoms with E-state index in [1.165, 1.54) is 0 Å². The average molecular weight is 281 g/mol. The predicted octanol–water partition coefficient (Wildman–Crippen LogP) is 3.77. The smallest absolute Gasteiger partial charge is 0.255 e. The molecule has 2 unspecified atom stereocenters. The molecule has 0 aromatic carbocycles. The molecule has 0 spiro atoms. The first kappa shape index (κ1) is 14.3. The highest BCUT2D eigenvalue weighted by Gasteiger charge is 2.37. The van der Waals surface area contributed by atoms with Gasteiger partial charge in [0.05, 0.1) is 5.56 Å². The zero-order chi connectivity index (χ0) is 14.0. The van der Waals surface area contributed by atoms with Crippen LogP contribution < -0.4 is 0 Å². The summed E-state index contributed by atoms with van der Waals surface area (Å²) in [6, 6.07) is 4.11. The van der Waals surface area contributed by atoms with Crippen molar-refractivity contribution in [3.05, 3.63) is 29.0 Å². The lowest BCUT2D eigenvalue weighted by Crippen LogP contribution is -2.43. The number of hydrogen-bond acceptors (Lipinski definition) is 2. The molecule has 1 aromatic rings. The van der Waals surface area contributed by atoms with Crippen LogP contribution in [0, 0.1) is 5.92 Å². The zero-order valence-electron chi connectivity index (χ0n) is 11.8. The summed E-state index contributed by atoms with van der Waals surface area (Å²) in [6.07, 6.45) is 4.89. The van der Waals surface area contributed by atoms with E-state index in [1.807, 2.05) is 4.90 Å². The largest absolute Gasteiger partial charge is 0.333 e. The highest BCUT2D eigenvalue weighted by Crippen LogP contribution is 2.32. The zero-order valence-corrected chi connectivity index (χ0v) is 12.5. The molecule has 1 aliphatic rings. The number of carbonyl (C=O) groups excluding carboxylic acids is 1. The second-order valence-corrected chi connectivity index (χ2v) is 5.83. The van der Waals surface area contributed by atoms with Crippen LogP contribution in [0.3, 0.4) is 0 Å². The minimum atomic E-state index is 0.0828. The normalized spacial score (nSPS) is 17.9. The maximum Gasteiger partial charge on any atom is 0.255 e. The minimum Gasteiger partial charge on any atom is -0.333 e. The molecule has 2 atom stereocenters. The molecule has 3 nitrogen and oxygen atoms in total. The van der Waals surface area contributed by atoms with Crippen molar-refractivity contribution in [2.24, 2.45) is 5.92 Å². The summed E-state index contributed by atoms with van der Waals surface area (Å²) in [6.45, 7) is 6.52. The third kappa shape index (κ3) is 3.27. The highest BCUT2D eigenvalue weighted by molar-refractivity contribution is 6.29. The Kier molecular flexibility index (Phi) is 4.46. The van der Waals surface area contributed by atoms with E-state index < -0.39 is 0 Å². The molecule has 1 aromatic heterocycles. The molecule has 2 rings (SSSR count). The van der Waals surface area contributed by atoms with Gasteiger partial charge in [0.2, 0.25) is 0 Å². The summed E-state index contributed by atoms with van der Waals surface area (Å²) >= 11 is 5.77. The molecule has 4 heteroatoms. The van der Waals surface area contributed by atoms with Crippen molar-refractivity contribution in [1.82, 2.24) is 9.88 Å². The molecular weight excluding hydrogens is 260 g/mol. The summed E-state index contributed by atoms with van der Waals surface area (Å²) in [5.74, 6) is 0.587. The van der Waals surface area contributed by atoms with Gasteiger partial charge in [-0.2, -0.15) is 0 Å². The van der Waals surface area contributed by atoms with Gasteiger partial charge in [0.25, 0.3) is 5.91 Å². The second kappa shape index (κ2) is 5.91. The summed E-state index contributed by atoms with van der Waals surface area (Å²) in [4.78, 5) is 18.7. The van der Waals surface area contributed by atoms with Gasteiger partial charge in [-0.3, -0.25) is 4.79 Å². The lowest BCUT2D eigenvalue weighted by molar-refractivity contribution is 0.0615. The molecule has 0 aliphatic heterocycles. The maximum absolute atomic E-state index is 12.6. The van der Waals surface area contributed by atoms with Gasteiger partial charge >= 0.3 is 0 Å². The molecule has 1 saturated carbocycles. The molecule has 1 amide bonds. The standard InChI is InChI=1S/C15H21ClN2O/c1-4-10(2)11(3)18(13-6-7-13)15(19)12-5-8-14(16)17-9-12/h5,8-11,13H,4,6-7H2,1-3H3. The fraction of sp³-hybridized carbons (Fsp3) is 0.600. The van der Waals surface area contributed by atoms with Crippen LogP contribution in [-0.2, 0) is 0 Å². The fourth-order valence-electron chi connectivity index (χ4n) is 2.30. The van der Waals surface area contributed by atoms with E-state index in [0.29, 0.717) is 22.7 Å². The van der Waals surface area contributed by atoms with Crippen LogP contribution in [0.25, 0.3) is 0 Å². The van der Waals surface area contributed by atoms with E-state index in [4.69, 9.17) is 11.6 Å². The highest BCUT2D eigenvalue weighted by atomic mass is 35.5. The topological polar surface area (TPSA) is 33.2 Å². The first-order chi connectivity index (χ1) is 9.04. The van der Waals surface area contributed by atoms with Crippen LogP contribution in [0.1, 0.15) is 50.4 Å². The van der Waals surface area contributed by atoms with E-state index in [1.54, 1.807) is 18.3 Å². The molecule has 0 bridgehead atoms. The van der Waals surface area contributed by atoms with Crippen molar-refractivity contribution in [3.63, 3.8) is 0 Å². The number of rotatable bonds is 5. The number of amides is 1. The maximum atomic E-state index is 12.6. The van der Waals surface area contributed by atoms with E-state index in [-0.39, 0.29) is 11.9 Å². The predicted molar refractivity (Wildman–Crippen MR) is 77.4 cm³/mol. The van der Waals surface area contributed by atoms with Crippen LogP contribution in [0.2, 0.25) is 5.15 Å². The first-order valence-corrected chi connectivity index (χ1v) is 7.36. The summed E-state index contributed by atoms with van der Waals surface area (Å²) in [5, 5.41) is 0.421. The van der Waals surface area contributed by atoms with Gasteiger partial charge in [0, 0.05) is 18.3 Å². The SMILES string of the molecule is CCC(C)C(C)N(C(=O)c1ccc(Cl)nc1)C1CC1. The van der Waals surface area contributed by atoms with Gasteiger partial charge < -0.3 is 4.90 Å². The molecule has 104 valence electrons. The van der Waals surface area contributed by atoms with E-state index in [9.17, 15) is 4.79 Å². The van der Waals surface area contributed by atoms with Crippen molar-refractivity contribution in [2.75, 3.05) is 0 Å². The molecule has 1 aliphatic carbocycles.